The van der Waals surface area contributed by atoms with E-state index < -0.39 is 6.04 Å². The molecule has 0 bridgehead atoms. The first-order chi connectivity index (χ1) is 11.0. The van der Waals surface area contributed by atoms with Crippen molar-refractivity contribution in [3.8, 4) is 0 Å². The Morgan fingerprint density at radius 1 is 1.04 bits per heavy atom. The number of rotatable bonds is 6. The Bertz CT molecular complexity index is 681. The SMILES string of the molecule is CC(=O)c1ccc(NC(=O)[C@@H](C)NCc2ccc(F)cc2)cc1. The number of hydrogen-bond donors (Lipinski definition) is 2. The standard InChI is InChI=1S/C18H19FN2O2/c1-12(20-11-14-3-7-16(19)8-4-14)18(23)21-17-9-5-15(6-10-17)13(2)22/h3-10,12,20H,11H2,1-2H3,(H,21,23)/t12-/m1/s1. The van der Waals surface area contributed by atoms with Crippen LogP contribution >= 0.6 is 0 Å². The van der Waals surface area contributed by atoms with Gasteiger partial charge in [0.1, 0.15) is 5.82 Å². The number of hydrogen-bond acceptors (Lipinski definition) is 3. The van der Waals surface area contributed by atoms with Gasteiger partial charge in [0.05, 0.1) is 6.04 Å². The van der Waals surface area contributed by atoms with Gasteiger partial charge in [0, 0.05) is 17.8 Å². The first-order valence-corrected chi connectivity index (χ1v) is 7.35. The van der Waals surface area contributed by atoms with Crippen molar-refractivity contribution >= 4 is 17.4 Å². The van der Waals surface area contributed by atoms with E-state index in [4.69, 9.17) is 0 Å². The van der Waals surface area contributed by atoms with Gasteiger partial charge < -0.3 is 10.6 Å². The molecular formula is C18H19FN2O2. The van der Waals surface area contributed by atoms with Gasteiger partial charge in [0.25, 0.3) is 0 Å². The summed E-state index contributed by atoms with van der Waals surface area (Å²) in [5.41, 5.74) is 2.14. The van der Waals surface area contributed by atoms with E-state index in [9.17, 15) is 14.0 Å². The lowest BCUT2D eigenvalue weighted by molar-refractivity contribution is -0.117. The molecule has 23 heavy (non-hydrogen) atoms. The Kier molecular flexibility index (Phi) is 5.60. The molecule has 0 saturated heterocycles. The third kappa shape index (κ3) is 5.00. The average molecular weight is 314 g/mol. The van der Waals surface area contributed by atoms with Gasteiger partial charge >= 0.3 is 0 Å². The second kappa shape index (κ2) is 7.65. The third-order valence-corrected chi connectivity index (χ3v) is 3.48. The van der Waals surface area contributed by atoms with Crippen LogP contribution in [0.15, 0.2) is 48.5 Å². The van der Waals surface area contributed by atoms with Crippen molar-refractivity contribution in [2.45, 2.75) is 26.4 Å². The molecule has 0 heterocycles. The van der Waals surface area contributed by atoms with Gasteiger partial charge in [0.15, 0.2) is 5.78 Å². The highest BCUT2D eigenvalue weighted by molar-refractivity contribution is 5.96. The van der Waals surface area contributed by atoms with Crippen LogP contribution in [0.4, 0.5) is 10.1 Å². The molecule has 0 aromatic heterocycles. The van der Waals surface area contributed by atoms with Crippen molar-refractivity contribution in [1.29, 1.82) is 0 Å². The maximum Gasteiger partial charge on any atom is 0.241 e. The van der Waals surface area contributed by atoms with Crippen LogP contribution < -0.4 is 10.6 Å². The van der Waals surface area contributed by atoms with Crippen LogP contribution in [0, 0.1) is 5.82 Å². The van der Waals surface area contributed by atoms with Crippen LogP contribution in [-0.4, -0.2) is 17.7 Å². The molecule has 0 aliphatic heterocycles. The Balaban J connectivity index is 1.86. The minimum atomic E-state index is -0.410. The zero-order chi connectivity index (χ0) is 16.8. The molecular weight excluding hydrogens is 295 g/mol. The van der Waals surface area contributed by atoms with E-state index in [-0.39, 0.29) is 17.5 Å². The largest absolute Gasteiger partial charge is 0.325 e. The average Bonchev–Trinajstić information content (AvgIpc) is 2.54. The van der Waals surface area contributed by atoms with Crippen LogP contribution in [0.5, 0.6) is 0 Å². The van der Waals surface area contributed by atoms with Crippen LogP contribution in [0.2, 0.25) is 0 Å². The fraction of sp³-hybridized carbons (Fsp3) is 0.222. The third-order valence-electron chi connectivity index (χ3n) is 3.48. The second-order valence-electron chi connectivity index (χ2n) is 5.35. The monoisotopic (exact) mass is 314 g/mol. The van der Waals surface area contributed by atoms with E-state index in [1.807, 2.05) is 0 Å². The molecule has 2 aromatic carbocycles. The van der Waals surface area contributed by atoms with Gasteiger partial charge in [-0.1, -0.05) is 12.1 Å². The number of carbonyl (C=O) groups is 2. The van der Waals surface area contributed by atoms with Crippen LogP contribution in [0.1, 0.15) is 29.8 Å². The zero-order valence-electron chi connectivity index (χ0n) is 13.1. The first kappa shape index (κ1) is 16.8. The number of ketones is 1. The number of benzene rings is 2. The summed E-state index contributed by atoms with van der Waals surface area (Å²) in [6.45, 7) is 3.72. The Hall–Kier alpha value is -2.53. The second-order valence-corrected chi connectivity index (χ2v) is 5.35. The van der Waals surface area contributed by atoms with Crippen molar-refractivity contribution in [2.24, 2.45) is 0 Å². The van der Waals surface area contributed by atoms with Crippen molar-refractivity contribution in [3.63, 3.8) is 0 Å². The Morgan fingerprint density at radius 3 is 2.22 bits per heavy atom. The number of nitrogens with one attached hydrogen (secondary N) is 2. The van der Waals surface area contributed by atoms with Crippen LogP contribution in [-0.2, 0) is 11.3 Å². The summed E-state index contributed by atoms with van der Waals surface area (Å²) in [6.07, 6.45) is 0. The lowest BCUT2D eigenvalue weighted by Crippen LogP contribution is -2.37. The molecule has 0 saturated carbocycles. The predicted molar refractivity (Wildman–Crippen MR) is 87.8 cm³/mol. The van der Waals surface area contributed by atoms with Gasteiger partial charge in [-0.2, -0.15) is 0 Å². The number of Topliss-reactive ketones (excluding diaryl/α,β-unsaturated/α-hetero) is 1. The normalized spacial score (nSPS) is 11.8. The summed E-state index contributed by atoms with van der Waals surface area (Å²) in [4.78, 5) is 23.3. The first-order valence-electron chi connectivity index (χ1n) is 7.35. The molecule has 120 valence electrons. The van der Waals surface area contributed by atoms with Gasteiger partial charge in [-0.3, -0.25) is 9.59 Å². The molecule has 2 aromatic rings. The number of halogens is 1. The molecule has 0 aliphatic rings. The Labute approximate surface area is 134 Å². The summed E-state index contributed by atoms with van der Waals surface area (Å²) in [6, 6.07) is 12.5. The van der Waals surface area contributed by atoms with E-state index in [0.717, 1.165) is 5.56 Å². The van der Waals surface area contributed by atoms with E-state index in [0.29, 0.717) is 17.8 Å². The molecule has 0 fully saturated rings. The summed E-state index contributed by atoms with van der Waals surface area (Å²) in [5, 5.41) is 5.86. The predicted octanol–water partition coefficient (Wildman–Crippen LogP) is 3.15. The molecule has 4 nitrogen and oxygen atoms in total. The quantitative estimate of drug-likeness (QED) is 0.805. The number of anilines is 1. The summed E-state index contributed by atoms with van der Waals surface area (Å²) < 4.78 is 12.8. The lowest BCUT2D eigenvalue weighted by Gasteiger charge is -2.14. The van der Waals surface area contributed by atoms with E-state index >= 15 is 0 Å². The van der Waals surface area contributed by atoms with Gasteiger partial charge in [-0.25, -0.2) is 4.39 Å². The van der Waals surface area contributed by atoms with E-state index in [1.54, 1.807) is 43.3 Å². The van der Waals surface area contributed by atoms with Crippen molar-refractivity contribution in [1.82, 2.24) is 5.32 Å². The van der Waals surface area contributed by atoms with Gasteiger partial charge in [0.2, 0.25) is 5.91 Å². The highest BCUT2D eigenvalue weighted by Crippen LogP contribution is 2.10. The smallest absolute Gasteiger partial charge is 0.241 e. The molecule has 2 N–H and O–H groups in total. The molecule has 1 amide bonds. The summed E-state index contributed by atoms with van der Waals surface area (Å²) in [5.74, 6) is -0.478. The fourth-order valence-electron chi connectivity index (χ4n) is 2.00. The van der Waals surface area contributed by atoms with Crippen LogP contribution in [0.25, 0.3) is 0 Å². The maximum atomic E-state index is 12.8. The molecule has 0 aliphatic carbocycles. The van der Waals surface area contributed by atoms with Gasteiger partial charge in [-0.15, -0.1) is 0 Å². The van der Waals surface area contributed by atoms with E-state index in [1.165, 1.54) is 19.1 Å². The minimum absolute atomic E-state index is 0.0165. The molecule has 2 rings (SSSR count). The van der Waals surface area contributed by atoms with Crippen molar-refractivity contribution < 1.29 is 14.0 Å². The maximum absolute atomic E-state index is 12.8. The Morgan fingerprint density at radius 2 is 1.65 bits per heavy atom. The highest BCUT2D eigenvalue weighted by Gasteiger charge is 2.12. The molecule has 0 radical (unpaired) electrons. The molecule has 0 spiro atoms. The topological polar surface area (TPSA) is 58.2 Å². The fourth-order valence-corrected chi connectivity index (χ4v) is 2.00. The van der Waals surface area contributed by atoms with E-state index in [2.05, 4.69) is 10.6 Å². The summed E-state index contributed by atoms with van der Waals surface area (Å²) in [7, 11) is 0. The minimum Gasteiger partial charge on any atom is -0.325 e. The van der Waals surface area contributed by atoms with Gasteiger partial charge in [-0.05, 0) is 55.8 Å². The molecule has 5 heteroatoms. The molecule has 0 unspecified atom stereocenters. The lowest BCUT2D eigenvalue weighted by atomic mass is 10.1. The van der Waals surface area contributed by atoms with Crippen LogP contribution in [0.3, 0.4) is 0 Å². The zero-order valence-corrected chi connectivity index (χ0v) is 13.1. The van der Waals surface area contributed by atoms with Crippen molar-refractivity contribution in [2.75, 3.05) is 5.32 Å². The highest BCUT2D eigenvalue weighted by atomic mass is 19.1. The summed E-state index contributed by atoms with van der Waals surface area (Å²) >= 11 is 0. The number of amides is 1. The number of carbonyl (C=O) groups excluding carboxylic acids is 2. The molecule has 1 atom stereocenters. The van der Waals surface area contributed by atoms with Crippen molar-refractivity contribution in [3.05, 3.63) is 65.5 Å².